The molecule has 0 bridgehead atoms. The number of ether oxygens (including phenoxy) is 3. The Morgan fingerprint density at radius 3 is 2.29 bits per heavy atom. The van der Waals surface area contributed by atoms with Crippen LogP contribution in [0.15, 0.2) is 72.9 Å². The fraction of sp³-hybridized carbons (Fsp3) is 0.440. The second kappa shape index (κ2) is 19.0. The molecule has 9 rings (SSSR count). The van der Waals surface area contributed by atoms with Crippen LogP contribution in [0, 0.1) is 0 Å². The standard InChI is InChI=1S/C50H56F2N8O9S/c1-6-68-41-27-31(7-14-40(41)67-4)39(29-70(5,65)66)60-46(62)37-16-20-53-45(43(37)47(60)63)59-25-23-58(24-26-59)33-17-21-57(22-18-33)30-50(51,52)32-8-10-34(11-9-32)69-35-12-13-36-38(28-35)56(3)55-44(36)49(2)19-15-42(61)54-48(49)64/h7-14,16,20,27-28,33,39H,6,15,17-19,21-26,29-30H2,1-5H3,(H,54,61,64). The monoisotopic (exact) mass is 982 g/mol. The molecule has 17 nitrogen and oxygen atoms in total. The highest BCUT2D eigenvalue weighted by molar-refractivity contribution is 7.90. The molecular weight excluding hydrogens is 927 g/mol. The van der Waals surface area contributed by atoms with Gasteiger partial charge in [0.15, 0.2) is 11.5 Å². The summed E-state index contributed by atoms with van der Waals surface area (Å²) in [5.74, 6) is -3.54. The highest BCUT2D eigenvalue weighted by Crippen LogP contribution is 2.41. The molecule has 3 saturated heterocycles. The first-order chi connectivity index (χ1) is 33.4. The van der Waals surface area contributed by atoms with Gasteiger partial charge in [0.1, 0.15) is 27.2 Å². The quantitative estimate of drug-likeness (QED) is 0.127. The van der Waals surface area contributed by atoms with Gasteiger partial charge in [-0.1, -0.05) is 6.07 Å². The molecule has 6 heterocycles. The maximum Gasteiger partial charge on any atom is 0.285 e. The molecule has 370 valence electrons. The molecule has 0 spiro atoms. The number of piperidine rings is 2. The molecule has 2 unspecified atom stereocenters. The molecule has 0 aliphatic carbocycles. The summed E-state index contributed by atoms with van der Waals surface area (Å²) in [5.41, 5.74) is 0.886. The Balaban J connectivity index is 0.793. The maximum atomic E-state index is 15.8. The summed E-state index contributed by atoms with van der Waals surface area (Å²) in [4.78, 5) is 64.7. The summed E-state index contributed by atoms with van der Waals surface area (Å²) < 4.78 is 76.0. The number of aromatic nitrogens is 3. The van der Waals surface area contributed by atoms with E-state index in [1.54, 1.807) is 60.8 Å². The van der Waals surface area contributed by atoms with Gasteiger partial charge >= 0.3 is 0 Å². The van der Waals surface area contributed by atoms with E-state index in [4.69, 9.17) is 14.2 Å². The third-order valence-electron chi connectivity index (χ3n) is 14.0. The second-order valence-electron chi connectivity index (χ2n) is 18.7. The Morgan fingerprint density at radius 2 is 1.61 bits per heavy atom. The maximum absolute atomic E-state index is 15.8. The first-order valence-electron chi connectivity index (χ1n) is 23.4. The van der Waals surface area contributed by atoms with Crippen LogP contribution in [-0.4, -0.2) is 139 Å². The van der Waals surface area contributed by atoms with E-state index in [-0.39, 0.29) is 41.0 Å². The number of hydrogen-bond acceptors (Lipinski definition) is 14. The minimum atomic E-state index is -3.69. The van der Waals surface area contributed by atoms with Crippen molar-refractivity contribution in [3.63, 3.8) is 0 Å². The molecular formula is C50H56F2N8O9S. The van der Waals surface area contributed by atoms with Crippen LogP contribution in [-0.2, 0) is 37.8 Å². The first-order valence-corrected chi connectivity index (χ1v) is 25.5. The van der Waals surface area contributed by atoms with Gasteiger partial charge in [-0.15, -0.1) is 0 Å². The number of amides is 4. The number of nitrogens with zero attached hydrogens (tertiary/aromatic N) is 7. The zero-order valence-corrected chi connectivity index (χ0v) is 40.6. The molecule has 1 N–H and O–H groups in total. The molecule has 4 aliphatic heterocycles. The third kappa shape index (κ3) is 9.43. The molecule has 20 heteroatoms. The van der Waals surface area contributed by atoms with E-state index in [0.717, 1.165) is 16.5 Å². The van der Waals surface area contributed by atoms with Crippen LogP contribution in [0.4, 0.5) is 14.6 Å². The molecule has 0 saturated carbocycles. The number of benzene rings is 3. The summed E-state index contributed by atoms with van der Waals surface area (Å²) in [6.07, 6.45) is 4.52. The van der Waals surface area contributed by atoms with Crippen molar-refractivity contribution in [3.8, 4) is 23.0 Å². The van der Waals surface area contributed by atoms with Gasteiger partial charge in [0.25, 0.3) is 17.7 Å². The zero-order chi connectivity index (χ0) is 49.7. The number of piperazine rings is 1. The van der Waals surface area contributed by atoms with Crippen LogP contribution < -0.4 is 24.4 Å². The van der Waals surface area contributed by atoms with Crippen LogP contribution in [0.3, 0.4) is 0 Å². The largest absolute Gasteiger partial charge is 0.493 e. The third-order valence-corrected chi connectivity index (χ3v) is 15.0. The van der Waals surface area contributed by atoms with Crippen molar-refractivity contribution in [1.82, 2.24) is 34.8 Å². The number of alkyl halides is 2. The topological polar surface area (TPSA) is 186 Å². The smallest absolute Gasteiger partial charge is 0.285 e. The Labute approximate surface area is 404 Å². The zero-order valence-electron chi connectivity index (χ0n) is 39.7. The molecule has 4 amide bonds. The van der Waals surface area contributed by atoms with Gasteiger partial charge in [0.2, 0.25) is 11.8 Å². The summed E-state index contributed by atoms with van der Waals surface area (Å²) in [6, 6.07) is 16.5. The number of anilines is 1. The molecule has 4 aliphatic rings. The lowest BCUT2D eigenvalue weighted by atomic mass is 9.77. The highest BCUT2D eigenvalue weighted by atomic mass is 32.2. The van der Waals surface area contributed by atoms with E-state index in [1.165, 1.54) is 43.6 Å². The molecule has 70 heavy (non-hydrogen) atoms. The number of imide groups is 2. The summed E-state index contributed by atoms with van der Waals surface area (Å²) in [5, 5.41) is 7.81. The number of sulfone groups is 1. The fourth-order valence-electron chi connectivity index (χ4n) is 10.2. The van der Waals surface area contributed by atoms with Gasteiger partial charge in [-0.3, -0.25) is 43.9 Å². The lowest BCUT2D eigenvalue weighted by Gasteiger charge is -2.43. The van der Waals surface area contributed by atoms with Gasteiger partial charge in [-0.05, 0) is 106 Å². The van der Waals surface area contributed by atoms with Gasteiger partial charge < -0.3 is 19.1 Å². The van der Waals surface area contributed by atoms with Gasteiger partial charge in [0.05, 0.1) is 59.8 Å². The van der Waals surface area contributed by atoms with Crippen molar-refractivity contribution in [2.45, 2.75) is 63.0 Å². The SMILES string of the molecule is CCOc1cc(C(CS(C)(=O)=O)N2C(=O)c3ccnc(N4CCN(C5CCN(CC(F)(F)c6ccc(Oc7ccc8c(C9(C)CCC(=O)NC9=O)nn(C)c8c7)cc6)CC5)CC4)c3C2=O)ccc1OC. The lowest BCUT2D eigenvalue weighted by Crippen LogP contribution is -2.54. The Hall–Kier alpha value is -6.51. The van der Waals surface area contributed by atoms with Gasteiger partial charge in [-0.25, -0.2) is 13.4 Å². The van der Waals surface area contributed by atoms with E-state index in [2.05, 4.69) is 20.3 Å². The van der Waals surface area contributed by atoms with Gasteiger partial charge in [-0.2, -0.15) is 13.9 Å². The molecule has 2 aromatic heterocycles. The van der Waals surface area contributed by atoms with Crippen molar-refractivity contribution in [3.05, 3.63) is 101 Å². The van der Waals surface area contributed by atoms with Crippen LogP contribution in [0.2, 0.25) is 0 Å². The predicted molar refractivity (Wildman–Crippen MR) is 255 cm³/mol. The number of hydrogen-bond donors (Lipinski definition) is 1. The van der Waals surface area contributed by atoms with Crippen LogP contribution in [0.1, 0.15) is 83.1 Å². The van der Waals surface area contributed by atoms with Crippen molar-refractivity contribution < 1.29 is 50.6 Å². The number of halogens is 2. The average Bonchev–Trinajstić information content (AvgIpc) is 3.81. The van der Waals surface area contributed by atoms with E-state index >= 15 is 8.78 Å². The number of nitrogens with one attached hydrogen (secondary N) is 1. The highest BCUT2D eigenvalue weighted by Gasteiger charge is 2.46. The normalized spacial score (nSPS) is 20.2. The average molecular weight is 983 g/mol. The fourth-order valence-corrected chi connectivity index (χ4v) is 11.2. The summed E-state index contributed by atoms with van der Waals surface area (Å²) in [6.45, 7) is 6.74. The lowest BCUT2D eigenvalue weighted by molar-refractivity contribution is -0.137. The molecule has 3 fully saturated rings. The van der Waals surface area contributed by atoms with Crippen molar-refractivity contribution >= 4 is 50.2 Å². The molecule has 5 aromatic rings. The van der Waals surface area contributed by atoms with E-state index in [9.17, 15) is 27.6 Å². The Bertz CT molecular complexity index is 2970. The predicted octanol–water partition coefficient (Wildman–Crippen LogP) is 5.62. The summed E-state index contributed by atoms with van der Waals surface area (Å²) >= 11 is 0. The van der Waals surface area contributed by atoms with Crippen molar-refractivity contribution in [2.75, 3.05) is 76.4 Å². The number of methoxy groups -OCH3 is 1. The van der Waals surface area contributed by atoms with E-state index in [0.29, 0.717) is 111 Å². The van der Waals surface area contributed by atoms with Crippen LogP contribution in [0.25, 0.3) is 10.9 Å². The minimum absolute atomic E-state index is 0.117. The molecule has 2 atom stereocenters. The van der Waals surface area contributed by atoms with Crippen LogP contribution >= 0.6 is 0 Å². The van der Waals surface area contributed by atoms with Gasteiger partial charge in [0, 0.05) is 75.2 Å². The molecule has 0 radical (unpaired) electrons. The second-order valence-corrected chi connectivity index (χ2v) is 20.9. The minimum Gasteiger partial charge on any atom is -0.493 e. The number of carbonyl (C=O) groups excluding carboxylic acids is 4. The number of pyridine rings is 1. The number of rotatable bonds is 15. The first kappa shape index (κ1) is 48.5. The van der Waals surface area contributed by atoms with Crippen molar-refractivity contribution in [1.29, 1.82) is 0 Å². The van der Waals surface area contributed by atoms with Crippen molar-refractivity contribution in [2.24, 2.45) is 7.05 Å². The Morgan fingerprint density at radius 1 is 0.900 bits per heavy atom. The van der Waals surface area contributed by atoms with E-state index in [1.807, 2.05) is 11.0 Å². The van der Waals surface area contributed by atoms with Crippen LogP contribution in [0.5, 0.6) is 23.0 Å². The molecule has 3 aromatic carbocycles. The summed E-state index contributed by atoms with van der Waals surface area (Å²) in [7, 11) is -0.442. The Kier molecular flexibility index (Phi) is 13.2. The number of likely N-dealkylation sites (tertiary alicyclic amines) is 1. The van der Waals surface area contributed by atoms with E-state index < -0.39 is 51.3 Å². The number of aryl methyl sites for hydroxylation is 1. The number of fused-ring (bicyclic) bond motifs is 2. The number of carbonyl (C=O) groups is 4.